The van der Waals surface area contributed by atoms with Crippen molar-refractivity contribution in [2.24, 2.45) is 0 Å². The van der Waals surface area contributed by atoms with Crippen LogP contribution in [0.3, 0.4) is 0 Å². The Morgan fingerprint density at radius 3 is 2.23 bits per heavy atom. The number of hydrogen-bond donors (Lipinski definition) is 0. The molecule has 2 aliphatic heterocycles. The average molecular weight is 550 g/mol. The van der Waals surface area contributed by atoms with E-state index < -0.39 is 0 Å². The van der Waals surface area contributed by atoms with Crippen LogP contribution in [0.25, 0.3) is 0 Å². The van der Waals surface area contributed by atoms with E-state index in [9.17, 15) is 4.79 Å². The molecule has 0 saturated carbocycles. The fourth-order valence-corrected chi connectivity index (χ4v) is 5.82. The van der Waals surface area contributed by atoms with E-state index in [0.717, 1.165) is 49.5 Å². The maximum Gasteiger partial charge on any atom is 0.258 e. The Morgan fingerprint density at radius 2 is 1.57 bits per heavy atom. The number of hydrogen-bond acceptors (Lipinski definition) is 3. The Bertz CT molecular complexity index is 1290. The topological polar surface area (TPSA) is 32.8 Å². The predicted octanol–water partition coefficient (Wildman–Crippen LogP) is 7.50. The second kappa shape index (κ2) is 9.84. The van der Waals surface area contributed by atoms with Gasteiger partial charge in [-0.2, -0.15) is 0 Å². The number of methoxy groups -OCH3 is 1. The van der Waals surface area contributed by atoms with Crippen LogP contribution in [0.15, 0.2) is 54.6 Å². The van der Waals surface area contributed by atoms with Crippen molar-refractivity contribution in [1.29, 1.82) is 0 Å². The number of benzene rings is 3. The van der Waals surface area contributed by atoms with E-state index in [1.54, 1.807) is 25.3 Å². The quantitative estimate of drug-likeness (QED) is 0.337. The Morgan fingerprint density at radius 1 is 0.886 bits per heavy atom. The van der Waals surface area contributed by atoms with Crippen molar-refractivity contribution in [3.8, 4) is 5.75 Å². The minimum absolute atomic E-state index is 0.0786. The van der Waals surface area contributed by atoms with Crippen molar-refractivity contribution in [2.45, 2.75) is 24.8 Å². The molecule has 0 bridgehead atoms. The zero-order valence-electron chi connectivity index (χ0n) is 19.2. The summed E-state index contributed by atoms with van der Waals surface area (Å²) in [6.07, 6.45) is 1.86. The van der Waals surface area contributed by atoms with Gasteiger partial charge in [-0.25, -0.2) is 0 Å². The molecule has 3 aromatic carbocycles. The summed E-state index contributed by atoms with van der Waals surface area (Å²) in [5.41, 5.74) is 3.62. The van der Waals surface area contributed by atoms with Gasteiger partial charge >= 0.3 is 0 Å². The molecule has 1 spiro atoms. The lowest BCUT2D eigenvalue weighted by atomic mass is 9.74. The van der Waals surface area contributed by atoms with Crippen molar-refractivity contribution in [1.82, 2.24) is 4.90 Å². The highest BCUT2D eigenvalue weighted by Gasteiger charge is 2.46. The van der Waals surface area contributed by atoms with Crippen molar-refractivity contribution in [3.63, 3.8) is 0 Å². The van der Waals surface area contributed by atoms with Crippen molar-refractivity contribution in [2.75, 3.05) is 31.6 Å². The Kier molecular flexibility index (Phi) is 6.95. The van der Waals surface area contributed by atoms with Gasteiger partial charge in [-0.05, 0) is 85.6 Å². The van der Waals surface area contributed by atoms with Gasteiger partial charge in [0.15, 0.2) is 0 Å². The lowest BCUT2D eigenvalue weighted by Gasteiger charge is -2.40. The standard InChI is InChI=1S/C27H24Cl4N2O2/c1-35-19-4-7-25-20(14-19)27(16-33(25)26(34)18-3-6-22(29)24(31)13-18)8-10-32(11-9-27)15-17-2-5-21(28)23(30)12-17/h2-7,12-14H,8-11,15-16H2,1H3. The van der Waals surface area contributed by atoms with Gasteiger partial charge in [-0.1, -0.05) is 52.5 Å². The fourth-order valence-electron chi connectivity index (χ4n) is 5.20. The number of nitrogens with zero attached hydrogens (tertiary/aromatic N) is 2. The van der Waals surface area contributed by atoms with E-state index in [1.165, 1.54) is 5.56 Å². The first-order valence-corrected chi connectivity index (χ1v) is 12.9. The van der Waals surface area contributed by atoms with Gasteiger partial charge in [0.05, 0.1) is 27.2 Å². The maximum absolute atomic E-state index is 13.6. The van der Waals surface area contributed by atoms with Crippen molar-refractivity contribution < 1.29 is 9.53 Å². The molecule has 35 heavy (non-hydrogen) atoms. The zero-order chi connectivity index (χ0) is 24.7. The molecule has 3 aromatic rings. The van der Waals surface area contributed by atoms with Gasteiger partial charge in [0.2, 0.25) is 0 Å². The molecule has 8 heteroatoms. The molecule has 182 valence electrons. The first-order valence-electron chi connectivity index (χ1n) is 11.4. The van der Waals surface area contributed by atoms with E-state index >= 15 is 0 Å². The van der Waals surface area contributed by atoms with E-state index in [2.05, 4.69) is 11.0 Å². The normalized spacial score (nSPS) is 17.0. The third-order valence-electron chi connectivity index (χ3n) is 7.14. The summed E-state index contributed by atoms with van der Waals surface area (Å²) in [7, 11) is 1.67. The van der Waals surface area contributed by atoms with Crippen LogP contribution in [-0.2, 0) is 12.0 Å². The zero-order valence-corrected chi connectivity index (χ0v) is 22.2. The summed E-state index contributed by atoms with van der Waals surface area (Å²) < 4.78 is 5.53. The third-order valence-corrected chi connectivity index (χ3v) is 8.62. The molecule has 5 rings (SSSR count). The van der Waals surface area contributed by atoms with Crippen LogP contribution in [0, 0.1) is 0 Å². The van der Waals surface area contributed by atoms with Crippen LogP contribution in [0.2, 0.25) is 20.1 Å². The van der Waals surface area contributed by atoms with Gasteiger partial charge in [-0.15, -0.1) is 0 Å². The molecule has 0 N–H and O–H groups in total. The minimum Gasteiger partial charge on any atom is -0.497 e. The second-order valence-electron chi connectivity index (χ2n) is 9.21. The lowest BCUT2D eigenvalue weighted by Crippen LogP contribution is -2.45. The molecule has 4 nitrogen and oxygen atoms in total. The number of likely N-dealkylation sites (tertiary alicyclic amines) is 1. The number of carbonyl (C=O) groups is 1. The highest BCUT2D eigenvalue weighted by atomic mass is 35.5. The van der Waals surface area contributed by atoms with Gasteiger partial charge in [0.1, 0.15) is 5.75 Å². The summed E-state index contributed by atoms with van der Waals surface area (Å²) >= 11 is 24.6. The summed E-state index contributed by atoms with van der Waals surface area (Å²) in [6.45, 7) is 3.25. The summed E-state index contributed by atoms with van der Waals surface area (Å²) in [5.74, 6) is 0.718. The van der Waals surface area contributed by atoms with E-state index in [0.29, 0.717) is 32.2 Å². The number of fused-ring (bicyclic) bond motifs is 2. The Hall–Kier alpha value is -1.95. The monoisotopic (exact) mass is 548 g/mol. The van der Waals surface area contributed by atoms with Gasteiger partial charge < -0.3 is 9.64 Å². The fraction of sp³-hybridized carbons (Fsp3) is 0.296. The SMILES string of the molecule is COc1ccc2c(c1)C1(CCN(Cc3ccc(Cl)c(Cl)c3)CC1)CN2C(=O)c1ccc(Cl)c(Cl)c1. The van der Waals surface area contributed by atoms with Gasteiger partial charge in [0, 0.05) is 29.8 Å². The Balaban J connectivity index is 1.40. The molecular weight excluding hydrogens is 526 g/mol. The van der Waals surface area contributed by atoms with Crippen LogP contribution in [0.1, 0.15) is 34.3 Å². The molecule has 1 fully saturated rings. The minimum atomic E-state index is -0.135. The number of anilines is 1. The number of ether oxygens (including phenoxy) is 1. The average Bonchev–Trinajstić information content (AvgIpc) is 3.17. The summed E-state index contributed by atoms with van der Waals surface area (Å²) in [4.78, 5) is 17.9. The van der Waals surface area contributed by atoms with Crippen LogP contribution in [-0.4, -0.2) is 37.6 Å². The number of amides is 1. The Labute approximate surface area is 225 Å². The molecule has 0 aromatic heterocycles. The summed E-state index contributed by atoms with van der Waals surface area (Å²) in [6, 6.07) is 16.8. The maximum atomic E-state index is 13.6. The molecule has 2 aliphatic rings. The molecule has 0 unspecified atom stereocenters. The van der Waals surface area contributed by atoms with Crippen LogP contribution >= 0.6 is 46.4 Å². The number of rotatable bonds is 4. The van der Waals surface area contributed by atoms with E-state index in [4.69, 9.17) is 51.1 Å². The molecule has 2 heterocycles. The largest absolute Gasteiger partial charge is 0.497 e. The highest BCUT2D eigenvalue weighted by Crippen LogP contribution is 2.49. The number of halogens is 4. The van der Waals surface area contributed by atoms with Gasteiger partial charge in [0.25, 0.3) is 5.91 Å². The predicted molar refractivity (Wildman–Crippen MR) is 144 cm³/mol. The van der Waals surface area contributed by atoms with Crippen LogP contribution in [0.5, 0.6) is 5.75 Å². The summed E-state index contributed by atoms with van der Waals surface area (Å²) in [5, 5.41) is 1.94. The number of piperidine rings is 1. The van der Waals surface area contributed by atoms with Gasteiger partial charge in [-0.3, -0.25) is 9.69 Å². The third kappa shape index (κ3) is 4.75. The van der Waals surface area contributed by atoms with E-state index in [-0.39, 0.29) is 11.3 Å². The molecule has 0 radical (unpaired) electrons. The first-order chi connectivity index (χ1) is 16.8. The van der Waals surface area contributed by atoms with E-state index in [1.807, 2.05) is 35.2 Å². The first kappa shape index (κ1) is 24.7. The van der Waals surface area contributed by atoms with Crippen molar-refractivity contribution >= 4 is 58.0 Å². The number of carbonyl (C=O) groups excluding carboxylic acids is 1. The second-order valence-corrected chi connectivity index (χ2v) is 10.8. The molecular formula is C27H24Cl4N2O2. The lowest BCUT2D eigenvalue weighted by molar-refractivity contribution is 0.0975. The van der Waals surface area contributed by atoms with Crippen LogP contribution in [0.4, 0.5) is 5.69 Å². The smallest absolute Gasteiger partial charge is 0.258 e. The van der Waals surface area contributed by atoms with Crippen molar-refractivity contribution in [3.05, 3.63) is 91.4 Å². The molecule has 0 atom stereocenters. The molecule has 0 aliphatic carbocycles. The molecule has 1 saturated heterocycles. The highest BCUT2D eigenvalue weighted by molar-refractivity contribution is 6.42. The molecule has 1 amide bonds. The van der Waals surface area contributed by atoms with Crippen LogP contribution < -0.4 is 9.64 Å².